The van der Waals surface area contributed by atoms with Gasteiger partial charge in [-0.25, -0.2) is 4.79 Å². The smallest absolute Gasteiger partial charge is 0.355 e. The average Bonchev–Trinajstić information content (AvgIpc) is 2.63. The third-order valence-electron chi connectivity index (χ3n) is 5.37. The second-order valence-electron chi connectivity index (χ2n) is 7.78. The minimum absolute atomic E-state index is 0.0683. The van der Waals surface area contributed by atoms with Crippen LogP contribution in [0.4, 0.5) is 5.69 Å². The van der Waals surface area contributed by atoms with E-state index in [0.29, 0.717) is 34.6 Å². The van der Waals surface area contributed by atoms with Crippen molar-refractivity contribution in [2.45, 2.75) is 33.2 Å². The molecule has 0 bridgehead atoms. The average molecular weight is 372 g/mol. The van der Waals surface area contributed by atoms with E-state index in [-0.39, 0.29) is 12.0 Å². The van der Waals surface area contributed by atoms with Gasteiger partial charge in [0.2, 0.25) is 0 Å². The molecule has 1 aromatic carbocycles. The Morgan fingerprint density at radius 1 is 1.37 bits per heavy atom. The van der Waals surface area contributed by atoms with Crippen molar-refractivity contribution in [3.05, 3.63) is 39.7 Å². The van der Waals surface area contributed by atoms with Crippen LogP contribution in [0.25, 0.3) is 10.9 Å². The number of fused-ring (bicyclic) bond motifs is 1. The van der Waals surface area contributed by atoms with Crippen LogP contribution >= 0.6 is 0 Å². The number of anilines is 1. The Morgan fingerprint density at radius 3 is 2.81 bits per heavy atom. The van der Waals surface area contributed by atoms with Crippen LogP contribution in [0.15, 0.2) is 23.0 Å². The fraction of sp³-hybridized carbons (Fsp3) is 0.524. The summed E-state index contributed by atoms with van der Waals surface area (Å²) in [6.45, 7) is 6.91. The molecular formula is C21H30N3O3+. The molecule has 1 aromatic heterocycles. The number of piperidine rings is 1. The molecule has 1 fully saturated rings. The first-order chi connectivity index (χ1) is 12.9. The SMILES string of the molecule is CCOC(=O)c1[nH]c2ccc(N(C)C)cc2c(=O)c1C[NH+]1CCC[C@H](C)C1. The van der Waals surface area contributed by atoms with Crippen molar-refractivity contribution in [2.75, 3.05) is 38.7 Å². The monoisotopic (exact) mass is 372 g/mol. The molecule has 3 rings (SSSR count). The summed E-state index contributed by atoms with van der Waals surface area (Å²) >= 11 is 0. The first-order valence-electron chi connectivity index (χ1n) is 9.77. The lowest BCUT2D eigenvalue weighted by molar-refractivity contribution is -0.922. The minimum Gasteiger partial charge on any atom is -0.461 e. The molecule has 0 radical (unpaired) electrons. The molecule has 2 N–H and O–H groups in total. The van der Waals surface area contributed by atoms with Crippen molar-refractivity contribution in [2.24, 2.45) is 5.92 Å². The summed E-state index contributed by atoms with van der Waals surface area (Å²) in [5, 5.41) is 0.619. The van der Waals surface area contributed by atoms with Gasteiger partial charge in [-0.2, -0.15) is 0 Å². The summed E-state index contributed by atoms with van der Waals surface area (Å²) < 4.78 is 5.22. The Bertz CT molecular complexity index is 888. The van der Waals surface area contributed by atoms with Gasteiger partial charge in [0.1, 0.15) is 12.2 Å². The molecular weight excluding hydrogens is 342 g/mol. The number of likely N-dealkylation sites (tertiary alicyclic amines) is 1. The van der Waals surface area contributed by atoms with Crippen molar-refractivity contribution in [3.63, 3.8) is 0 Å². The fourth-order valence-electron chi connectivity index (χ4n) is 3.95. The zero-order chi connectivity index (χ0) is 19.6. The number of hydrogen-bond donors (Lipinski definition) is 2. The fourth-order valence-corrected chi connectivity index (χ4v) is 3.95. The largest absolute Gasteiger partial charge is 0.461 e. The van der Waals surface area contributed by atoms with Crippen molar-refractivity contribution >= 4 is 22.6 Å². The van der Waals surface area contributed by atoms with E-state index in [1.807, 2.05) is 37.2 Å². The Labute approximate surface area is 160 Å². The Morgan fingerprint density at radius 2 is 2.15 bits per heavy atom. The molecule has 1 unspecified atom stereocenters. The first-order valence-corrected chi connectivity index (χ1v) is 9.77. The van der Waals surface area contributed by atoms with E-state index in [9.17, 15) is 9.59 Å². The van der Waals surface area contributed by atoms with Crippen LogP contribution in [0.5, 0.6) is 0 Å². The molecule has 1 saturated heterocycles. The summed E-state index contributed by atoms with van der Waals surface area (Å²) in [5.41, 5.74) is 2.40. The van der Waals surface area contributed by atoms with Crippen molar-refractivity contribution in [1.29, 1.82) is 0 Å². The van der Waals surface area contributed by atoms with E-state index in [1.165, 1.54) is 11.3 Å². The molecule has 0 amide bonds. The van der Waals surface area contributed by atoms with Gasteiger partial charge < -0.3 is 19.5 Å². The number of H-pyrrole nitrogens is 1. The standard InChI is InChI=1S/C21H29N3O3/c1-5-27-21(26)19-17(13-24-10-6-7-14(2)12-24)20(25)16-11-15(23(3)4)8-9-18(16)22-19/h8-9,11,14H,5-7,10,12-13H2,1-4H3,(H,22,25)/p+1/t14-/m0/s1. The molecule has 0 aliphatic carbocycles. The van der Waals surface area contributed by atoms with E-state index in [4.69, 9.17) is 4.74 Å². The number of aromatic amines is 1. The van der Waals surface area contributed by atoms with E-state index in [2.05, 4.69) is 11.9 Å². The number of rotatable bonds is 5. The topological polar surface area (TPSA) is 66.8 Å². The van der Waals surface area contributed by atoms with Crippen LogP contribution in [0.1, 0.15) is 42.7 Å². The summed E-state index contributed by atoms with van der Waals surface area (Å²) in [4.78, 5) is 32.4. The lowest BCUT2D eigenvalue weighted by Crippen LogP contribution is -3.12. The quantitative estimate of drug-likeness (QED) is 0.782. The number of pyridine rings is 1. The van der Waals surface area contributed by atoms with Crippen molar-refractivity contribution in [1.82, 2.24) is 4.98 Å². The maximum absolute atomic E-state index is 13.3. The van der Waals surface area contributed by atoms with Gasteiger partial charge >= 0.3 is 5.97 Å². The van der Waals surface area contributed by atoms with Gasteiger partial charge in [0.05, 0.1) is 30.8 Å². The highest BCUT2D eigenvalue weighted by atomic mass is 16.5. The molecule has 6 heteroatoms. The van der Waals surface area contributed by atoms with Gasteiger partial charge in [0.25, 0.3) is 0 Å². The predicted octanol–water partition coefficient (Wildman–Crippen LogP) is 1.59. The van der Waals surface area contributed by atoms with Gasteiger partial charge in [0, 0.05) is 31.1 Å². The van der Waals surface area contributed by atoms with Crippen LogP contribution in [0.3, 0.4) is 0 Å². The number of carbonyl (C=O) groups excluding carboxylic acids is 1. The highest BCUT2D eigenvalue weighted by Crippen LogP contribution is 2.19. The van der Waals surface area contributed by atoms with E-state index in [1.54, 1.807) is 6.92 Å². The van der Waals surface area contributed by atoms with Crippen molar-refractivity contribution in [3.8, 4) is 0 Å². The minimum atomic E-state index is -0.451. The highest BCUT2D eigenvalue weighted by molar-refractivity contribution is 5.93. The number of ether oxygens (including phenoxy) is 1. The molecule has 1 aliphatic heterocycles. The first kappa shape index (κ1) is 19.4. The summed E-state index contributed by atoms with van der Waals surface area (Å²) in [7, 11) is 3.89. The van der Waals surface area contributed by atoms with E-state index in [0.717, 1.165) is 25.2 Å². The third kappa shape index (κ3) is 4.16. The molecule has 1 aliphatic rings. The number of hydrogen-bond acceptors (Lipinski definition) is 4. The van der Waals surface area contributed by atoms with E-state index >= 15 is 0 Å². The molecule has 2 aromatic rings. The Hall–Kier alpha value is -2.34. The highest BCUT2D eigenvalue weighted by Gasteiger charge is 2.26. The second kappa shape index (κ2) is 8.13. The Kier molecular flexibility index (Phi) is 5.85. The maximum Gasteiger partial charge on any atom is 0.355 e. The molecule has 0 spiro atoms. The number of esters is 1. The number of carbonyl (C=O) groups is 1. The van der Waals surface area contributed by atoms with Gasteiger partial charge in [-0.05, 0) is 38.0 Å². The molecule has 6 nitrogen and oxygen atoms in total. The molecule has 0 saturated carbocycles. The molecule has 2 atom stereocenters. The number of aromatic nitrogens is 1. The van der Waals surface area contributed by atoms with Gasteiger partial charge in [-0.1, -0.05) is 6.92 Å². The van der Waals surface area contributed by atoms with Crippen LogP contribution in [-0.2, 0) is 11.3 Å². The van der Waals surface area contributed by atoms with Gasteiger partial charge in [-0.15, -0.1) is 0 Å². The number of nitrogens with zero attached hydrogens (tertiary/aromatic N) is 1. The molecule has 2 heterocycles. The maximum atomic E-state index is 13.3. The molecule has 146 valence electrons. The van der Waals surface area contributed by atoms with Crippen LogP contribution in [-0.4, -0.2) is 44.7 Å². The normalized spacial score (nSPS) is 19.9. The zero-order valence-electron chi connectivity index (χ0n) is 16.7. The van der Waals surface area contributed by atoms with Crippen molar-refractivity contribution < 1.29 is 14.4 Å². The number of benzene rings is 1. The number of nitrogens with one attached hydrogen (secondary N) is 2. The molecule has 27 heavy (non-hydrogen) atoms. The second-order valence-corrected chi connectivity index (χ2v) is 7.78. The lowest BCUT2D eigenvalue weighted by atomic mass is 9.99. The van der Waals surface area contributed by atoms with Crippen LogP contribution in [0.2, 0.25) is 0 Å². The number of quaternary nitrogens is 1. The predicted molar refractivity (Wildman–Crippen MR) is 108 cm³/mol. The summed E-state index contributed by atoms with van der Waals surface area (Å²) in [6, 6.07) is 5.68. The lowest BCUT2D eigenvalue weighted by Gasteiger charge is -2.28. The zero-order valence-corrected chi connectivity index (χ0v) is 16.7. The van der Waals surface area contributed by atoms with E-state index < -0.39 is 5.97 Å². The Balaban J connectivity index is 2.11. The summed E-state index contributed by atoms with van der Waals surface area (Å²) in [5.74, 6) is 0.187. The third-order valence-corrected chi connectivity index (χ3v) is 5.37. The van der Waals surface area contributed by atoms with Gasteiger partial charge in [-0.3, -0.25) is 4.79 Å². The van der Waals surface area contributed by atoms with Crippen LogP contribution < -0.4 is 15.2 Å². The van der Waals surface area contributed by atoms with Crippen LogP contribution in [0, 0.1) is 5.92 Å². The summed E-state index contributed by atoms with van der Waals surface area (Å²) in [6.07, 6.45) is 2.38. The van der Waals surface area contributed by atoms with Gasteiger partial charge in [0.15, 0.2) is 5.43 Å².